The summed E-state index contributed by atoms with van der Waals surface area (Å²) in [7, 11) is 3.62. The molecule has 0 radical (unpaired) electrons. The van der Waals surface area contributed by atoms with Crippen LogP contribution in [-0.4, -0.2) is 74.7 Å². The largest absolute Gasteiger partial charge is 0.380 e. The molecule has 5 nitrogen and oxygen atoms in total. The smallest absolute Gasteiger partial charge is 0.236 e. The lowest BCUT2D eigenvalue weighted by atomic mass is 10.0. The number of nitrogens with zero attached hydrogens (tertiary/aromatic N) is 2. The first-order chi connectivity index (χ1) is 9.02. The molecule has 1 aliphatic heterocycles. The number of carbonyl (C=O) groups excluding carboxylic acids is 1. The predicted molar refractivity (Wildman–Crippen MR) is 77.2 cm³/mol. The Bertz CT molecular complexity index is 263. The topological polar surface area (TPSA) is 44.8 Å². The highest BCUT2D eigenvalue weighted by Crippen LogP contribution is 2.11. The number of piperidine rings is 1. The third-order valence-corrected chi connectivity index (χ3v) is 3.54. The van der Waals surface area contributed by atoms with Crippen molar-refractivity contribution in [2.24, 2.45) is 0 Å². The van der Waals surface area contributed by atoms with Crippen molar-refractivity contribution in [3.63, 3.8) is 0 Å². The molecule has 1 heterocycles. The molecule has 0 aromatic carbocycles. The normalized spacial score (nSPS) is 19.4. The summed E-state index contributed by atoms with van der Waals surface area (Å²) in [6.45, 7) is 8.28. The van der Waals surface area contributed by atoms with Crippen molar-refractivity contribution in [2.75, 3.05) is 46.9 Å². The summed E-state index contributed by atoms with van der Waals surface area (Å²) < 4.78 is 5.41. The molecule has 19 heavy (non-hydrogen) atoms. The van der Waals surface area contributed by atoms with E-state index in [0.717, 1.165) is 39.1 Å². The van der Waals surface area contributed by atoms with Crippen molar-refractivity contribution in [3.05, 3.63) is 0 Å². The van der Waals surface area contributed by atoms with Gasteiger partial charge in [-0.3, -0.25) is 9.69 Å². The standard InChI is InChI=1S/C14H29N3O2/c1-5-19-11-12(2)15-13-6-8-17(9-7-13)10-14(18)16(3)4/h12-13,15H,5-11H2,1-4H3. The van der Waals surface area contributed by atoms with Gasteiger partial charge in [-0.05, 0) is 26.7 Å². The molecule has 1 atom stereocenters. The van der Waals surface area contributed by atoms with Gasteiger partial charge in [0.2, 0.25) is 5.91 Å². The number of carbonyl (C=O) groups is 1. The van der Waals surface area contributed by atoms with E-state index < -0.39 is 0 Å². The maximum atomic E-state index is 11.6. The summed E-state index contributed by atoms with van der Waals surface area (Å²) >= 11 is 0. The summed E-state index contributed by atoms with van der Waals surface area (Å²) in [4.78, 5) is 15.5. The summed E-state index contributed by atoms with van der Waals surface area (Å²) in [5, 5.41) is 3.60. The zero-order chi connectivity index (χ0) is 14.3. The Morgan fingerprint density at radius 1 is 1.42 bits per heavy atom. The maximum absolute atomic E-state index is 11.6. The molecule has 1 aliphatic rings. The van der Waals surface area contributed by atoms with Crippen LogP contribution in [-0.2, 0) is 9.53 Å². The molecule has 1 rings (SSSR count). The Labute approximate surface area is 117 Å². The molecule has 0 bridgehead atoms. The Morgan fingerprint density at radius 2 is 2.05 bits per heavy atom. The van der Waals surface area contributed by atoms with Crippen LogP contribution >= 0.6 is 0 Å². The molecule has 0 aromatic heterocycles. The molecule has 1 saturated heterocycles. The van der Waals surface area contributed by atoms with E-state index in [4.69, 9.17) is 4.74 Å². The monoisotopic (exact) mass is 271 g/mol. The summed E-state index contributed by atoms with van der Waals surface area (Å²) in [5.41, 5.74) is 0. The summed E-state index contributed by atoms with van der Waals surface area (Å²) in [6.07, 6.45) is 2.22. The van der Waals surface area contributed by atoms with Crippen LogP contribution in [0.5, 0.6) is 0 Å². The van der Waals surface area contributed by atoms with Gasteiger partial charge in [-0.15, -0.1) is 0 Å². The third kappa shape index (κ3) is 6.36. The van der Waals surface area contributed by atoms with E-state index in [1.54, 1.807) is 4.90 Å². The minimum Gasteiger partial charge on any atom is -0.380 e. The molecule has 1 fully saturated rings. The van der Waals surface area contributed by atoms with Crippen molar-refractivity contribution in [2.45, 2.75) is 38.8 Å². The number of hydrogen-bond donors (Lipinski definition) is 1. The van der Waals surface area contributed by atoms with Gasteiger partial charge in [0, 0.05) is 45.9 Å². The molecule has 5 heteroatoms. The van der Waals surface area contributed by atoms with E-state index in [2.05, 4.69) is 17.1 Å². The van der Waals surface area contributed by atoms with E-state index in [-0.39, 0.29) is 5.91 Å². The first kappa shape index (κ1) is 16.4. The van der Waals surface area contributed by atoms with Gasteiger partial charge >= 0.3 is 0 Å². The molecular weight excluding hydrogens is 242 g/mol. The van der Waals surface area contributed by atoms with Crippen molar-refractivity contribution in [1.29, 1.82) is 0 Å². The number of hydrogen-bond acceptors (Lipinski definition) is 4. The molecule has 0 saturated carbocycles. The van der Waals surface area contributed by atoms with Gasteiger partial charge in [-0.2, -0.15) is 0 Å². The lowest BCUT2D eigenvalue weighted by Crippen LogP contribution is -2.48. The van der Waals surface area contributed by atoms with Gasteiger partial charge in [0.25, 0.3) is 0 Å². The SMILES string of the molecule is CCOCC(C)NC1CCN(CC(=O)N(C)C)CC1. The zero-order valence-corrected chi connectivity index (χ0v) is 12.8. The lowest BCUT2D eigenvalue weighted by molar-refractivity contribution is -0.130. The van der Waals surface area contributed by atoms with Crippen LogP contribution in [0, 0.1) is 0 Å². The quantitative estimate of drug-likeness (QED) is 0.735. The third-order valence-electron chi connectivity index (χ3n) is 3.54. The fourth-order valence-electron chi connectivity index (χ4n) is 2.34. The van der Waals surface area contributed by atoms with Crippen LogP contribution in [0.25, 0.3) is 0 Å². The Hall–Kier alpha value is -0.650. The van der Waals surface area contributed by atoms with Crippen LogP contribution in [0.15, 0.2) is 0 Å². The van der Waals surface area contributed by atoms with Crippen LogP contribution < -0.4 is 5.32 Å². The summed E-state index contributed by atoms with van der Waals surface area (Å²) in [6, 6.07) is 0.959. The minimum absolute atomic E-state index is 0.191. The average molecular weight is 271 g/mol. The lowest BCUT2D eigenvalue weighted by Gasteiger charge is -2.33. The minimum atomic E-state index is 0.191. The zero-order valence-electron chi connectivity index (χ0n) is 12.8. The fourth-order valence-corrected chi connectivity index (χ4v) is 2.34. The van der Waals surface area contributed by atoms with Crippen LogP contribution in [0.2, 0.25) is 0 Å². The molecule has 1 amide bonds. The fraction of sp³-hybridized carbons (Fsp3) is 0.929. The van der Waals surface area contributed by atoms with Crippen molar-refractivity contribution in [3.8, 4) is 0 Å². The van der Waals surface area contributed by atoms with Gasteiger partial charge < -0.3 is 15.0 Å². The van der Waals surface area contributed by atoms with Gasteiger partial charge in [-0.1, -0.05) is 0 Å². The highest BCUT2D eigenvalue weighted by Gasteiger charge is 2.22. The molecule has 1 unspecified atom stereocenters. The molecular formula is C14H29N3O2. The van der Waals surface area contributed by atoms with Gasteiger partial charge in [0.1, 0.15) is 0 Å². The first-order valence-electron chi connectivity index (χ1n) is 7.29. The number of amides is 1. The van der Waals surface area contributed by atoms with Crippen LogP contribution in [0.1, 0.15) is 26.7 Å². The Morgan fingerprint density at radius 3 is 2.58 bits per heavy atom. The van der Waals surface area contributed by atoms with Crippen molar-refractivity contribution < 1.29 is 9.53 Å². The van der Waals surface area contributed by atoms with E-state index in [1.165, 1.54) is 0 Å². The number of likely N-dealkylation sites (tertiary alicyclic amines) is 1. The maximum Gasteiger partial charge on any atom is 0.236 e. The Kier molecular flexibility index (Phi) is 7.34. The van der Waals surface area contributed by atoms with Crippen molar-refractivity contribution in [1.82, 2.24) is 15.1 Å². The van der Waals surface area contributed by atoms with Crippen LogP contribution in [0.3, 0.4) is 0 Å². The van der Waals surface area contributed by atoms with Gasteiger partial charge in [-0.25, -0.2) is 0 Å². The van der Waals surface area contributed by atoms with E-state index in [1.807, 2.05) is 21.0 Å². The number of rotatable bonds is 7. The van der Waals surface area contributed by atoms with Crippen molar-refractivity contribution >= 4 is 5.91 Å². The molecule has 112 valence electrons. The second-order valence-electron chi connectivity index (χ2n) is 5.57. The van der Waals surface area contributed by atoms with Gasteiger partial charge in [0.05, 0.1) is 13.2 Å². The Balaban J connectivity index is 2.19. The molecule has 0 spiro atoms. The second kappa shape index (κ2) is 8.51. The highest BCUT2D eigenvalue weighted by atomic mass is 16.5. The molecule has 1 N–H and O–H groups in total. The molecule has 0 aliphatic carbocycles. The number of likely N-dealkylation sites (N-methyl/N-ethyl adjacent to an activating group) is 1. The van der Waals surface area contributed by atoms with Crippen LogP contribution in [0.4, 0.5) is 0 Å². The predicted octanol–water partition coefficient (Wildman–Crippen LogP) is 0.554. The number of nitrogens with one attached hydrogen (secondary N) is 1. The first-order valence-corrected chi connectivity index (χ1v) is 7.29. The van der Waals surface area contributed by atoms with Gasteiger partial charge in [0.15, 0.2) is 0 Å². The number of ether oxygens (including phenoxy) is 1. The van der Waals surface area contributed by atoms with E-state index in [0.29, 0.717) is 18.6 Å². The second-order valence-corrected chi connectivity index (χ2v) is 5.57. The van der Waals surface area contributed by atoms with E-state index in [9.17, 15) is 4.79 Å². The molecule has 0 aromatic rings. The summed E-state index contributed by atoms with van der Waals surface area (Å²) in [5.74, 6) is 0.191. The average Bonchev–Trinajstić information content (AvgIpc) is 2.38. The highest BCUT2D eigenvalue weighted by molar-refractivity contribution is 5.77. The van der Waals surface area contributed by atoms with E-state index >= 15 is 0 Å².